The Morgan fingerprint density at radius 2 is 1.58 bits per heavy atom. The van der Waals surface area contributed by atoms with Gasteiger partial charge in [0.1, 0.15) is 18.8 Å². The fraction of sp³-hybridized carbons (Fsp3) is 0.528. The topological polar surface area (TPSA) is 244 Å². The van der Waals surface area contributed by atoms with Crippen molar-refractivity contribution in [3.63, 3.8) is 0 Å². The van der Waals surface area contributed by atoms with Gasteiger partial charge in [-0.3, -0.25) is 14.4 Å². The third-order valence-corrected chi connectivity index (χ3v) is 18.9. The van der Waals surface area contributed by atoms with E-state index >= 15 is 0 Å². The molecule has 0 bridgehead atoms. The molecule has 3 aromatic carbocycles. The molecule has 3 fully saturated rings. The minimum atomic E-state index is -4.47. The third kappa shape index (κ3) is 10.2. The van der Waals surface area contributed by atoms with Gasteiger partial charge < -0.3 is 30.0 Å². The van der Waals surface area contributed by atoms with Gasteiger partial charge in [0.25, 0.3) is 15.9 Å². The molecule has 382 valence electrons. The molecule has 4 N–H and O–H groups in total. The number of aliphatic hydroxyl groups excluding tert-OH is 2. The van der Waals surface area contributed by atoms with Crippen LogP contribution in [0.15, 0.2) is 94.5 Å². The number of hydrogen-bond acceptors (Lipinski definition) is 13. The summed E-state index contributed by atoms with van der Waals surface area (Å²) in [5.74, 6) is -1.99. The number of benzene rings is 3. The summed E-state index contributed by atoms with van der Waals surface area (Å²) < 4.78 is 65.8. The highest BCUT2D eigenvalue weighted by Gasteiger charge is 2.68. The van der Waals surface area contributed by atoms with E-state index in [-0.39, 0.29) is 71.9 Å². The molecule has 0 spiro atoms. The van der Waals surface area contributed by atoms with Crippen LogP contribution in [0.4, 0.5) is 0 Å². The van der Waals surface area contributed by atoms with Gasteiger partial charge in [-0.2, -0.15) is 4.57 Å². The molecule has 8 rings (SSSR count). The Labute approximate surface area is 416 Å². The number of aryl methyl sites for hydroxylation is 2. The minimum Gasteiger partial charge on any atom is -0.748 e. The minimum absolute atomic E-state index is 0.0108. The number of allylic oxidation sites excluding steroid dienone is 2. The summed E-state index contributed by atoms with van der Waals surface area (Å²) in [6.07, 6.45) is 7.08. The highest BCUT2D eigenvalue weighted by molar-refractivity contribution is 7.89. The van der Waals surface area contributed by atoms with Crippen molar-refractivity contribution >= 4 is 65.3 Å². The van der Waals surface area contributed by atoms with E-state index < -0.39 is 61.3 Å². The number of aromatic nitrogens is 1. The van der Waals surface area contributed by atoms with Crippen LogP contribution >= 0.6 is 0 Å². The highest BCUT2D eigenvalue weighted by atomic mass is 32.2. The molecule has 0 saturated heterocycles. The number of unbranched alkanes of at least 4 members (excludes halogenated alkanes) is 1. The molecule has 0 unspecified atom stereocenters. The van der Waals surface area contributed by atoms with Crippen molar-refractivity contribution in [1.82, 2.24) is 9.62 Å². The molecule has 0 radical (unpaired) electrons. The maximum atomic E-state index is 14.9. The molecule has 2 amide bonds. The first-order valence-electron chi connectivity index (χ1n) is 24.9. The second-order valence-electron chi connectivity index (χ2n) is 20.5. The zero-order valence-corrected chi connectivity index (χ0v) is 42.3. The molecule has 4 aromatic rings. The van der Waals surface area contributed by atoms with Crippen molar-refractivity contribution in [2.24, 2.45) is 33.7 Å². The van der Waals surface area contributed by atoms with Crippen LogP contribution in [0, 0.1) is 35.5 Å². The zero-order chi connectivity index (χ0) is 50.9. The second kappa shape index (κ2) is 20.8. The first-order valence-corrected chi connectivity index (χ1v) is 27.9. The molecule has 71 heavy (non-hydrogen) atoms. The van der Waals surface area contributed by atoms with Crippen LogP contribution in [0.25, 0.3) is 21.8 Å². The number of pyridine rings is 1. The van der Waals surface area contributed by atoms with Gasteiger partial charge in [0.05, 0.1) is 43.2 Å². The highest BCUT2D eigenvalue weighted by Crippen LogP contribution is 2.67. The molecular weight excluding hydrogens is 949 g/mol. The largest absolute Gasteiger partial charge is 0.748 e. The molecule has 4 aliphatic carbocycles. The van der Waals surface area contributed by atoms with Crippen LogP contribution in [-0.2, 0) is 41.1 Å². The summed E-state index contributed by atoms with van der Waals surface area (Å²) in [6, 6.07) is 20.1. The Balaban J connectivity index is 0.866. The lowest BCUT2D eigenvalue weighted by atomic mass is 9.45. The SMILES string of the molecule is Cc1ccc(S(=O)(=O)N(CCCC(=O)NCCCCO/N=C2/C=C3CC[C@@H]4[C@H]([C@@H](O)C[C@@]5(C)[C@H]4CC[C@]5(O)C(=O)CO)[C@@]3(C)CC2)C(=O)c2c3ccccc3[n+](CCCS(=O)(=O)[O-])c3ccccc23)cc1. The lowest BCUT2D eigenvalue weighted by molar-refractivity contribution is -0.645. The van der Waals surface area contributed by atoms with Crippen molar-refractivity contribution < 1.29 is 60.5 Å². The van der Waals surface area contributed by atoms with E-state index in [1.165, 1.54) is 17.7 Å². The van der Waals surface area contributed by atoms with Crippen LogP contribution in [0.5, 0.6) is 0 Å². The summed E-state index contributed by atoms with van der Waals surface area (Å²) in [6.45, 7) is 5.81. The number of oxime groups is 1. The smallest absolute Gasteiger partial charge is 0.269 e. The summed E-state index contributed by atoms with van der Waals surface area (Å²) in [4.78, 5) is 46.4. The number of nitrogens with zero attached hydrogens (tertiary/aromatic N) is 3. The number of Topliss-reactive ketones (excluding diaryl/α,β-unsaturated/α-hetero) is 1. The van der Waals surface area contributed by atoms with E-state index in [0.29, 0.717) is 73.5 Å². The number of sulfonamides is 1. The molecule has 4 aliphatic rings. The van der Waals surface area contributed by atoms with Crippen molar-refractivity contribution in [1.29, 1.82) is 0 Å². The van der Waals surface area contributed by atoms with Crippen molar-refractivity contribution in [3.05, 3.63) is 95.6 Å². The van der Waals surface area contributed by atoms with Crippen molar-refractivity contribution in [3.8, 4) is 0 Å². The fourth-order valence-corrected chi connectivity index (χ4v) is 14.7. The number of fused-ring (bicyclic) bond motifs is 7. The monoisotopic (exact) mass is 1010 g/mol. The average molecular weight is 1020 g/mol. The Kier molecular flexibility index (Phi) is 15.3. The molecule has 18 heteroatoms. The fourth-order valence-electron chi connectivity index (χ4n) is 12.8. The Morgan fingerprint density at radius 3 is 2.24 bits per heavy atom. The lowest BCUT2D eigenvalue weighted by Crippen LogP contribution is -2.62. The molecule has 1 aromatic heterocycles. The number of para-hydroxylation sites is 2. The number of ketones is 1. The third-order valence-electron chi connectivity index (χ3n) is 16.4. The number of carbonyl (C=O) groups excluding carboxylic acids is 3. The molecular formula is C53H66N4O12S2. The van der Waals surface area contributed by atoms with Gasteiger partial charge in [0, 0.05) is 49.2 Å². The van der Waals surface area contributed by atoms with Gasteiger partial charge in [-0.25, -0.2) is 21.1 Å². The molecule has 3 saturated carbocycles. The predicted octanol–water partition coefficient (Wildman–Crippen LogP) is 5.63. The summed E-state index contributed by atoms with van der Waals surface area (Å²) in [5.41, 5.74) is 1.47. The van der Waals surface area contributed by atoms with E-state index in [4.69, 9.17) is 4.84 Å². The van der Waals surface area contributed by atoms with Gasteiger partial charge in [-0.1, -0.05) is 66.5 Å². The van der Waals surface area contributed by atoms with Crippen LogP contribution < -0.4 is 9.88 Å². The van der Waals surface area contributed by atoms with Crippen LogP contribution in [-0.4, -0.2) is 108 Å². The summed E-state index contributed by atoms with van der Waals surface area (Å²) >= 11 is 0. The van der Waals surface area contributed by atoms with E-state index in [9.17, 15) is 51.1 Å². The predicted molar refractivity (Wildman–Crippen MR) is 265 cm³/mol. The zero-order valence-electron chi connectivity index (χ0n) is 40.7. The quantitative estimate of drug-likeness (QED) is 0.0294. The number of rotatable bonds is 19. The van der Waals surface area contributed by atoms with Crippen molar-refractivity contribution in [2.75, 3.05) is 32.1 Å². The van der Waals surface area contributed by atoms with E-state index in [1.54, 1.807) is 60.7 Å². The molecule has 7 atom stereocenters. The first kappa shape index (κ1) is 52.2. The molecule has 16 nitrogen and oxygen atoms in total. The number of aliphatic hydroxyl groups is 3. The molecule has 0 aliphatic heterocycles. The maximum absolute atomic E-state index is 14.9. The van der Waals surface area contributed by atoms with Gasteiger partial charge >= 0.3 is 0 Å². The van der Waals surface area contributed by atoms with Crippen LogP contribution in [0.3, 0.4) is 0 Å². The van der Waals surface area contributed by atoms with Gasteiger partial charge in [-0.15, -0.1) is 0 Å². The lowest BCUT2D eigenvalue weighted by Gasteiger charge is -2.60. The summed E-state index contributed by atoms with van der Waals surface area (Å²) in [5, 5.41) is 41.1. The Morgan fingerprint density at radius 1 is 0.901 bits per heavy atom. The first-order chi connectivity index (χ1) is 33.7. The second-order valence-corrected chi connectivity index (χ2v) is 23.9. The number of amides is 2. The maximum Gasteiger partial charge on any atom is 0.269 e. The van der Waals surface area contributed by atoms with E-state index in [0.717, 1.165) is 34.8 Å². The Hall–Kier alpha value is -5.11. The van der Waals surface area contributed by atoms with Crippen LogP contribution in [0.2, 0.25) is 0 Å². The van der Waals surface area contributed by atoms with Gasteiger partial charge in [0.2, 0.25) is 16.9 Å². The van der Waals surface area contributed by atoms with Crippen LogP contribution in [0.1, 0.15) is 107 Å². The van der Waals surface area contributed by atoms with Gasteiger partial charge in [-0.05, 0) is 125 Å². The number of nitrogens with one attached hydrogen (secondary N) is 1. The van der Waals surface area contributed by atoms with Gasteiger partial charge in [0.15, 0.2) is 12.3 Å². The summed E-state index contributed by atoms with van der Waals surface area (Å²) in [7, 11) is -8.90. The number of carbonyl (C=O) groups is 3. The standard InChI is InChI=1S/C53H66N4O12S2/c1-35-17-20-38(21-18-35)71(67,68)57(50(62)48-40-12-4-6-14-43(40)56(28-11-31-70(64,65)66)44-15-7-5-13-41(44)48)29-10-16-47(61)54-27-8-9-30-69-55-37-23-25-51(2)36(32-37)19-22-39-42-24-26-53(63,46(60)34-58)52(42,3)33-45(59)49(39)51/h4-7,12-15,17-18,20-21,32,39,42,45,49,58-59,63H,8-11,16,19,22-31,33-34H2,1-3H3,(H-,54,61,64,65,66)/b55-37+/t39-,42-,45-,49+,51-,52-,53-/m0/s1. The Bertz CT molecular complexity index is 2920. The van der Waals surface area contributed by atoms with E-state index in [2.05, 4.69) is 23.5 Å². The van der Waals surface area contributed by atoms with E-state index in [1.807, 2.05) is 18.4 Å². The average Bonchev–Trinajstić information content (AvgIpc) is 3.61. The number of hydrogen-bond donors (Lipinski definition) is 4. The molecule has 1 heterocycles. The van der Waals surface area contributed by atoms with Crippen molar-refractivity contribution in [2.45, 2.75) is 121 Å². The normalized spacial score (nSPS) is 26.9.